The van der Waals surface area contributed by atoms with Gasteiger partial charge in [-0.1, -0.05) is 34.6 Å². The average Bonchev–Trinajstić information content (AvgIpc) is 2.87. The number of hydrogen-bond donors (Lipinski definition) is 2. The zero-order chi connectivity index (χ0) is 28.7. The molecule has 236 valence electrons. The van der Waals surface area contributed by atoms with Gasteiger partial charge in [0.05, 0.1) is 18.1 Å². The zero-order valence-corrected chi connectivity index (χ0v) is 27.7. The molecule has 3 heterocycles. The molecular formula is C29H52Cl2N6O4. The maximum absolute atomic E-state index is 14.2. The molecule has 0 spiro atoms. The Kier molecular flexibility index (Phi) is 15.3. The Bertz CT molecular complexity index is 967. The number of rotatable bonds is 10. The van der Waals surface area contributed by atoms with Crippen molar-refractivity contribution in [2.45, 2.75) is 85.0 Å². The first-order chi connectivity index (χ1) is 18.4. The van der Waals surface area contributed by atoms with Crippen LogP contribution in [0.15, 0.2) is 6.20 Å². The van der Waals surface area contributed by atoms with Gasteiger partial charge in [-0.3, -0.25) is 9.59 Å². The summed E-state index contributed by atoms with van der Waals surface area (Å²) >= 11 is 0. The molecule has 12 heteroatoms. The number of anilines is 1. The van der Waals surface area contributed by atoms with Crippen molar-refractivity contribution in [3.63, 3.8) is 0 Å². The molecule has 0 radical (unpaired) electrons. The first-order valence-electron chi connectivity index (χ1n) is 14.5. The van der Waals surface area contributed by atoms with Crippen LogP contribution in [-0.2, 0) is 19.7 Å². The van der Waals surface area contributed by atoms with Gasteiger partial charge in [-0.15, -0.1) is 24.8 Å². The van der Waals surface area contributed by atoms with E-state index in [-0.39, 0.29) is 72.1 Å². The molecule has 2 fully saturated rings. The fourth-order valence-electron chi connectivity index (χ4n) is 5.36. The van der Waals surface area contributed by atoms with Crippen LogP contribution < -0.4 is 10.6 Å². The normalized spacial score (nSPS) is 22.9. The molecule has 41 heavy (non-hydrogen) atoms. The van der Waals surface area contributed by atoms with Crippen molar-refractivity contribution in [3.05, 3.63) is 17.6 Å². The highest BCUT2D eigenvalue weighted by Gasteiger charge is 2.37. The number of carbonyl (C=O) groups excluding carboxylic acids is 2. The molecule has 1 aromatic rings. The molecular weight excluding hydrogens is 567 g/mol. The second-order valence-corrected chi connectivity index (χ2v) is 12.6. The number of aromatic nitrogens is 2. The van der Waals surface area contributed by atoms with E-state index in [1.54, 1.807) is 13.3 Å². The second-order valence-electron chi connectivity index (χ2n) is 12.6. The third-order valence-electron chi connectivity index (χ3n) is 7.18. The van der Waals surface area contributed by atoms with E-state index in [9.17, 15) is 9.59 Å². The monoisotopic (exact) mass is 618 g/mol. The molecule has 0 bridgehead atoms. The molecule has 0 aliphatic carbocycles. The van der Waals surface area contributed by atoms with Crippen molar-refractivity contribution in [1.82, 2.24) is 25.1 Å². The van der Waals surface area contributed by atoms with Crippen molar-refractivity contribution < 1.29 is 19.1 Å². The highest BCUT2D eigenvalue weighted by molar-refractivity contribution is 5.98. The predicted octanol–water partition coefficient (Wildman–Crippen LogP) is 3.78. The maximum atomic E-state index is 14.2. The van der Waals surface area contributed by atoms with Crippen LogP contribution in [0.5, 0.6) is 0 Å². The van der Waals surface area contributed by atoms with Crippen LogP contribution in [0.25, 0.3) is 0 Å². The van der Waals surface area contributed by atoms with E-state index in [0.717, 1.165) is 6.42 Å². The largest absolute Gasteiger partial charge is 0.385 e. The number of morpholine rings is 1. The molecule has 2 amide bonds. The van der Waals surface area contributed by atoms with Crippen LogP contribution in [0.4, 0.5) is 5.82 Å². The van der Waals surface area contributed by atoms with E-state index in [1.807, 2.05) is 23.6 Å². The van der Waals surface area contributed by atoms with Gasteiger partial charge in [-0.2, -0.15) is 0 Å². The van der Waals surface area contributed by atoms with Crippen molar-refractivity contribution in [1.29, 1.82) is 0 Å². The third-order valence-corrected chi connectivity index (χ3v) is 7.18. The maximum Gasteiger partial charge on any atom is 0.259 e. The summed E-state index contributed by atoms with van der Waals surface area (Å²) in [5, 5.41) is 6.81. The molecule has 2 saturated heterocycles. The van der Waals surface area contributed by atoms with Crippen LogP contribution in [-0.4, -0.2) is 103 Å². The fourth-order valence-corrected chi connectivity index (χ4v) is 5.36. The lowest BCUT2D eigenvalue weighted by Crippen LogP contribution is -2.57. The summed E-state index contributed by atoms with van der Waals surface area (Å²) in [5.41, 5.74) is 0.211. The lowest BCUT2D eigenvalue weighted by atomic mass is 9.92. The molecule has 1 aromatic heterocycles. The van der Waals surface area contributed by atoms with Gasteiger partial charge in [-0.05, 0) is 32.6 Å². The molecule has 3 rings (SSSR count). The minimum atomic E-state index is -0.252. The number of halogens is 2. The first-order valence-corrected chi connectivity index (χ1v) is 14.5. The Balaban J connectivity index is 0.00000420. The Morgan fingerprint density at radius 1 is 1.20 bits per heavy atom. The van der Waals surface area contributed by atoms with E-state index >= 15 is 0 Å². The first kappa shape index (κ1) is 37.3. The van der Waals surface area contributed by atoms with Gasteiger partial charge in [0.2, 0.25) is 5.91 Å². The quantitative estimate of drug-likeness (QED) is 0.381. The minimum absolute atomic E-state index is 0. The lowest BCUT2D eigenvalue weighted by Gasteiger charge is -2.41. The third kappa shape index (κ3) is 10.5. The number of hydrogen-bond acceptors (Lipinski definition) is 8. The van der Waals surface area contributed by atoms with Gasteiger partial charge in [0, 0.05) is 70.6 Å². The lowest BCUT2D eigenvalue weighted by molar-refractivity contribution is -0.148. The molecule has 10 nitrogen and oxygen atoms in total. The minimum Gasteiger partial charge on any atom is -0.385 e. The van der Waals surface area contributed by atoms with Crippen molar-refractivity contribution in [2.24, 2.45) is 11.8 Å². The number of piperidine rings is 1. The summed E-state index contributed by atoms with van der Waals surface area (Å²) in [5.74, 6) is 1.35. The van der Waals surface area contributed by atoms with Gasteiger partial charge in [0.15, 0.2) is 0 Å². The number of nitrogens with one attached hydrogen (secondary N) is 2. The number of methoxy groups -OCH3 is 1. The Hall–Kier alpha value is -1.72. The molecule has 2 aliphatic heterocycles. The Morgan fingerprint density at radius 3 is 2.44 bits per heavy atom. The summed E-state index contributed by atoms with van der Waals surface area (Å²) in [6.07, 6.45) is 3.13. The predicted molar refractivity (Wildman–Crippen MR) is 167 cm³/mol. The fraction of sp³-hybridized carbons (Fsp3) is 0.793. The van der Waals surface area contributed by atoms with Gasteiger partial charge < -0.3 is 29.9 Å². The molecule has 2 N–H and O–H groups in total. The number of nitrogens with zero attached hydrogens (tertiary/aromatic N) is 4. The summed E-state index contributed by atoms with van der Waals surface area (Å²) in [6.45, 7) is 18.7. The molecule has 0 aromatic carbocycles. The summed E-state index contributed by atoms with van der Waals surface area (Å²) in [7, 11) is 1.68. The van der Waals surface area contributed by atoms with Gasteiger partial charge in [0.25, 0.3) is 5.91 Å². The van der Waals surface area contributed by atoms with Crippen LogP contribution >= 0.6 is 24.8 Å². The highest BCUT2D eigenvalue weighted by atomic mass is 35.5. The second kappa shape index (κ2) is 16.8. The molecule has 4 atom stereocenters. The highest BCUT2D eigenvalue weighted by Crippen LogP contribution is 2.26. The average molecular weight is 620 g/mol. The van der Waals surface area contributed by atoms with Crippen LogP contribution in [0.1, 0.15) is 77.5 Å². The van der Waals surface area contributed by atoms with Crippen molar-refractivity contribution in [3.8, 4) is 0 Å². The van der Waals surface area contributed by atoms with Crippen LogP contribution in [0.3, 0.4) is 0 Å². The molecule has 2 unspecified atom stereocenters. The van der Waals surface area contributed by atoms with E-state index in [4.69, 9.17) is 14.5 Å². The topological polar surface area (TPSA) is 109 Å². The smallest absolute Gasteiger partial charge is 0.259 e. The van der Waals surface area contributed by atoms with E-state index in [0.29, 0.717) is 69.5 Å². The molecule has 2 aliphatic rings. The van der Waals surface area contributed by atoms with Gasteiger partial charge in [-0.25, -0.2) is 9.97 Å². The Morgan fingerprint density at radius 2 is 1.85 bits per heavy atom. The van der Waals surface area contributed by atoms with E-state index in [1.165, 1.54) is 0 Å². The molecule has 0 saturated carbocycles. The number of carbonyl (C=O) groups is 2. The SMILES string of the molecule is COCCCNc1nc(C(C)(C)C)ncc1C(=O)N(CC(C)C)[C@@H]1CNC[C@H](C(=O)N2CC(C)OC(C)C2)C1.Cl.Cl. The standard InChI is InChI=1S/C29H50N6O4.2ClH/c1-19(2)16-35(23-12-22(13-30-14-23)26(36)34-17-20(3)39-21(4)18-34)27(37)24-15-32-28(29(5,6)7)33-25(24)31-10-9-11-38-8;;/h15,19-23,30H,9-14,16-18H2,1-8H3,(H,31,32,33);2*1H/t20?,21?,22-,23+;;/m1../s1. The van der Waals surface area contributed by atoms with Crippen molar-refractivity contribution >= 4 is 42.4 Å². The van der Waals surface area contributed by atoms with Gasteiger partial charge >= 0.3 is 0 Å². The van der Waals surface area contributed by atoms with E-state index in [2.05, 4.69) is 50.2 Å². The summed E-state index contributed by atoms with van der Waals surface area (Å²) < 4.78 is 11.0. The number of ether oxygens (including phenoxy) is 2. The summed E-state index contributed by atoms with van der Waals surface area (Å²) in [4.78, 5) is 40.9. The zero-order valence-electron chi connectivity index (χ0n) is 26.1. The van der Waals surface area contributed by atoms with Crippen LogP contribution in [0.2, 0.25) is 0 Å². The number of amides is 2. The van der Waals surface area contributed by atoms with Crippen molar-refractivity contribution in [2.75, 3.05) is 58.3 Å². The van der Waals surface area contributed by atoms with E-state index < -0.39 is 0 Å². The van der Waals surface area contributed by atoms with Gasteiger partial charge in [0.1, 0.15) is 17.2 Å². The van der Waals surface area contributed by atoms with Crippen LogP contribution in [0, 0.1) is 11.8 Å². The Labute approximate surface area is 258 Å². The summed E-state index contributed by atoms with van der Waals surface area (Å²) in [6, 6.07) is -0.109.